The Morgan fingerprint density at radius 3 is 2.68 bits per heavy atom. The highest BCUT2D eigenvalue weighted by Gasteiger charge is 2.37. The topological polar surface area (TPSA) is 80.5 Å². The molecule has 1 aliphatic rings. The summed E-state index contributed by atoms with van der Waals surface area (Å²) in [7, 11) is -3.71. The first-order valence-electron chi connectivity index (χ1n) is 5.48. The van der Waals surface area contributed by atoms with E-state index in [1.165, 1.54) is 16.7 Å². The van der Waals surface area contributed by atoms with E-state index in [0.717, 1.165) is 4.90 Å². The zero-order chi connectivity index (χ0) is 14.2. The molecule has 0 aliphatic carbocycles. The summed E-state index contributed by atoms with van der Waals surface area (Å²) >= 11 is 7.40. The van der Waals surface area contributed by atoms with Crippen LogP contribution in [0.2, 0.25) is 5.02 Å². The van der Waals surface area contributed by atoms with Crippen molar-refractivity contribution in [2.75, 3.05) is 17.7 Å². The van der Waals surface area contributed by atoms with Gasteiger partial charge in [0.25, 0.3) is 0 Å². The number of primary sulfonamides is 1. The smallest absolute Gasteiger partial charge is 0.228 e. The van der Waals surface area contributed by atoms with E-state index in [1.807, 2.05) is 6.26 Å². The molecule has 1 unspecified atom stereocenters. The highest BCUT2D eigenvalue weighted by molar-refractivity contribution is 7.98. The van der Waals surface area contributed by atoms with Crippen LogP contribution in [0.5, 0.6) is 0 Å². The highest BCUT2D eigenvalue weighted by atomic mass is 35.5. The van der Waals surface area contributed by atoms with Crippen molar-refractivity contribution in [3.05, 3.63) is 23.2 Å². The number of sulfonamides is 1. The van der Waals surface area contributed by atoms with Gasteiger partial charge in [0.2, 0.25) is 15.9 Å². The minimum atomic E-state index is -3.71. The molecule has 1 aliphatic heterocycles. The second kappa shape index (κ2) is 5.32. The van der Waals surface area contributed by atoms with E-state index in [0.29, 0.717) is 10.7 Å². The second-order valence-electron chi connectivity index (χ2n) is 4.24. The van der Waals surface area contributed by atoms with Gasteiger partial charge in [-0.25, -0.2) is 13.6 Å². The van der Waals surface area contributed by atoms with Crippen molar-refractivity contribution >= 4 is 45.0 Å². The summed E-state index contributed by atoms with van der Waals surface area (Å²) in [5, 5.41) is 4.75. The van der Waals surface area contributed by atoms with Gasteiger partial charge >= 0.3 is 0 Å². The van der Waals surface area contributed by atoms with Crippen LogP contribution in [0.4, 0.5) is 5.69 Å². The molecule has 104 valence electrons. The normalized spacial score (nSPS) is 20.1. The maximum absolute atomic E-state index is 12.0. The molecule has 0 aromatic heterocycles. The number of anilines is 1. The van der Waals surface area contributed by atoms with Crippen molar-refractivity contribution in [3.8, 4) is 0 Å². The van der Waals surface area contributed by atoms with E-state index in [4.69, 9.17) is 16.7 Å². The summed E-state index contributed by atoms with van der Waals surface area (Å²) in [5.74, 6) is -0.253. The van der Waals surface area contributed by atoms with Crippen molar-refractivity contribution in [1.29, 1.82) is 0 Å². The first kappa shape index (κ1) is 14.6. The molecule has 0 radical (unpaired) electrons. The molecule has 0 spiro atoms. The molecule has 1 heterocycles. The lowest BCUT2D eigenvalue weighted by atomic mass is 10.3. The first-order valence-corrected chi connectivity index (χ1v) is 8.69. The number of rotatable bonds is 3. The molecule has 1 atom stereocenters. The fourth-order valence-corrected chi connectivity index (χ4v) is 3.48. The third kappa shape index (κ3) is 3.05. The zero-order valence-corrected chi connectivity index (χ0v) is 12.6. The molecule has 0 bridgehead atoms. The number of nitrogens with zero attached hydrogens (tertiary/aromatic N) is 1. The van der Waals surface area contributed by atoms with Crippen LogP contribution in [-0.4, -0.2) is 32.4 Å². The van der Waals surface area contributed by atoms with E-state index >= 15 is 0 Å². The minimum Gasteiger partial charge on any atom is -0.310 e. The quantitative estimate of drug-likeness (QED) is 0.855. The summed E-state index contributed by atoms with van der Waals surface area (Å²) in [6.45, 7) is 0.0750. The minimum absolute atomic E-state index is 0.0750. The Labute approximate surface area is 121 Å². The molecular formula is C11H13ClN2O3S2. The maximum atomic E-state index is 12.0. The molecule has 1 amide bonds. The van der Waals surface area contributed by atoms with Gasteiger partial charge in [-0.2, -0.15) is 0 Å². The number of halogens is 1. The summed E-state index contributed by atoms with van der Waals surface area (Å²) < 4.78 is 22.7. The fraction of sp³-hybridized carbons (Fsp3) is 0.364. The average Bonchev–Trinajstić information content (AvgIpc) is 2.71. The van der Waals surface area contributed by atoms with Crippen LogP contribution in [0.15, 0.2) is 23.1 Å². The van der Waals surface area contributed by atoms with Gasteiger partial charge in [0.1, 0.15) is 5.25 Å². The SMILES string of the molecule is CSc1ccc(Cl)cc1N1CC(S(N)(=O)=O)CC1=O. The largest absolute Gasteiger partial charge is 0.310 e. The molecule has 8 heteroatoms. The molecule has 0 saturated carbocycles. The molecule has 2 N–H and O–H groups in total. The third-order valence-corrected chi connectivity index (χ3v) is 5.25. The van der Waals surface area contributed by atoms with Crippen LogP contribution in [0.1, 0.15) is 6.42 Å². The number of amides is 1. The molecule has 2 rings (SSSR count). The van der Waals surface area contributed by atoms with Crippen molar-refractivity contribution in [2.45, 2.75) is 16.6 Å². The van der Waals surface area contributed by atoms with Crippen LogP contribution in [0.3, 0.4) is 0 Å². The molecule has 5 nitrogen and oxygen atoms in total. The van der Waals surface area contributed by atoms with E-state index < -0.39 is 15.3 Å². The predicted molar refractivity (Wildman–Crippen MR) is 77.1 cm³/mol. The fourth-order valence-electron chi connectivity index (χ4n) is 2.00. The molecule has 1 saturated heterocycles. The average molecular weight is 321 g/mol. The van der Waals surface area contributed by atoms with Gasteiger partial charge < -0.3 is 4.90 Å². The molecule has 19 heavy (non-hydrogen) atoms. The molecular weight excluding hydrogens is 308 g/mol. The van der Waals surface area contributed by atoms with E-state index in [1.54, 1.807) is 18.2 Å². The Hall–Kier alpha value is -0.760. The molecule has 1 aromatic rings. The van der Waals surface area contributed by atoms with Crippen molar-refractivity contribution in [2.24, 2.45) is 5.14 Å². The van der Waals surface area contributed by atoms with E-state index in [2.05, 4.69) is 0 Å². The zero-order valence-electron chi connectivity index (χ0n) is 10.2. The Morgan fingerprint density at radius 2 is 2.16 bits per heavy atom. The lowest BCUT2D eigenvalue weighted by molar-refractivity contribution is -0.117. The van der Waals surface area contributed by atoms with Gasteiger partial charge in [-0.3, -0.25) is 4.79 Å². The maximum Gasteiger partial charge on any atom is 0.228 e. The van der Waals surface area contributed by atoms with Gasteiger partial charge in [0, 0.05) is 22.9 Å². The summed E-state index contributed by atoms with van der Waals surface area (Å²) in [5.41, 5.74) is 0.635. The lowest BCUT2D eigenvalue weighted by Gasteiger charge is -2.19. The highest BCUT2D eigenvalue weighted by Crippen LogP contribution is 2.34. The van der Waals surface area contributed by atoms with E-state index in [-0.39, 0.29) is 18.9 Å². The Morgan fingerprint density at radius 1 is 1.47 bits per heavy atom. The third-order valence-electron chi connectivity index (χ3n) is 2.99. The van der Waals surface area contributed by atoms with Gasteiger partial charge in [0.15, 0.2) is 0 Å². The monoisotopic (exact) mass is 320 g/mol. The summed E-state index contributed by atoms with van der Waals surface area (Å²) in [6, 6.07) is 5.20. The van der Waals surface area contributed by atoms with Gasteiger partial charge in [-0.1, -0.05) is 11.6 Å². The van der Waals surface area contributed by atoms with Crippen LogP contribution in [0, 0.1) is 0 Å². The Balaban J connectivity index is 2.38. The number of benzene rings is 1. The van der Waals surface area contributed by atoms with Gasteiger partial charge in [-0.05, 0) is 24.5 Å². The van der Waals surface area contributed by atoms with Gasteiger partial charge in [-0.15, -0.1) is 11.8 Å². The van der Waals surface area contributed by atoms with Crippen molar-refractivity contribution in [1.82, 2.24) is 0 Å². The molecule has 1 fully saturated rings. The Bertz CT molecular complexity index is 618. The van der Waals surface area contributed by atoms with Crippen LogP contribution >= 0.6 is 23.4 Å². The number of carbonyl (C=O) groups excluding carboxylic acids is 1. The number of thioether (sulfide) groups is 1. The summed E-state index contributed by atoms with van der Waals surface area (Å²) in [4.78, 5) is 14.3. The predicted octanol–water partition coefficient (Wildman–Crippen LogP) is 1.46. The molecule has 1 aromatic carbocycles. The van der Waals surface area contributed by atoms with Crippen LogP contribution in [0.25, 0.3) is 0 Å². The van der Waals surface area contributed by atoms with Crippen molar-refractivity contribution < 1.29 is 13.2 Å². The number of hydrogen-bond donors (Lipinski definition) is 1. The standard InChI is InChI=1S/C11H13ClN2O3S2/c1-18-10-3-2-7(12)4-9(10)14-6-8(5-11(14)15)19(13,16)17/h2-4,8H,5-6H2,1H3,(H2,13,16,17). The number of carbonyl (C=O) groups is 1. The second-order valence-corrected chi connectivity index (χ2v) is 7.36. The number of nitrogens with two attached hydrogens (primary N) is 1. The summed E-state index contributed by atoms with van der Waals surface area (Å²) in [6.07, 6.45) is 1.80. The van der Waals surface area contributed by atoms with E-state index in [9.17, 15) is 13.2 Å². The van der Waals surface area contributed by atoms with Gasteiger partial charge in [0.05, 0.1) is 5.69 Å². The van der Waals surface area contributed by atoms with Crippen LogP contribution in [-0.2, 0) is 14.8 Å². The van der Waals surface area contributed by atoms with Crippen LogP contribution < -0.4 is 10.0 Å². The first-order chi connectivity index (χ1) is 8.82. The lowest BCUT2D eigenvalue weighted by Crippen LogP contribution is -2.32. The van der Waals surface area contributed by atoms with Crippen molar-refractivity contribution in [3.63, 3.8) is 0 Å². The Kier molecular flexibility index (Phi) is 4.10. The number of hydrogen-bond acceptors (Lipinski definition) is 4.